The van der Waals surface area contributed by atoms with Crippen LogP contribution in [0.4, 0.5) is 0 Å². The summed E-state index contributed by atoms with van der Waals surface area (Å²) >= 11 is 3.35. The van der Waals surface area contributed by atoms with Crippen LogP contribution < -0.4 is 9.47 Å². The highest BCUT2D eigenvalue weighted by atomic mass is 79.9. The van der Waals surface area contributed by atoms with Gasteiger partial charge in [0.05, 0.1) is 6.20 Å². The predicted octanol–water partition coefficient (Wildman–Crippen LogP) is 3.40. The Morgan fingerprint density at radius 3 is 2.38 bits per heavy atom. The van der Waals surface area contributed by atoms with Gasteiger partial charge in [0.1, 0.15) is 17.2 Å². The number of carbonyl (C=O) groups excluding carboxylic acids is 1. The number of benzene rings is 1. The number of carbonyl (C=O) groups is 1. The maximum absolute atomic E-state index is 11.4. The molecule has 1 unspecified atom stereocenters. The second-order valence-electron chi connectivity index (χ2n) is 5.20. The molecule has 2 rings (SSSR count). The van der Waals surface area contributed by atoms with Crippen LogP contribution >= 0.6 is 15.9 Å². The second-order valence-corrected chi connectivity index (χ2v) is 8.08. The SMILES string of the molecule is CC(=O)C(C)Oc1cc(Br)cc(Oc2ccc(S(C)(=O)=O)nc2)c1. The molecule has 0 aliphatic heterocycles. The molecular weight excluding hydrogens is 398 g/mol. The van der Waals surface area contributed by atoms with Gasteiger partial charge in [0.2, 0.25) is 0 Å². The topological polar surface area (TPSA) is 82.6 Å². The summed E-state index contributed by atoms with van der Waals surface area (Å²) in [5.74, 6) is 1.23. The lowest BCUT2D eigenvalue weighted by Gasteiger charge is -2.13. The minimum Gasteiger partial charge on any atom is -0.483 e. The van der Waals surface area contributed by atoms with Gasteiger partial charge in [0, 0.05) is 16.8 Å². The Hall–Kier alpha value is -1.93. The van der Waals surface area contributed by atoms with E-state index in [1.54, 1.807) is 25.1 Å². The third-order valence-corrected chi connectivity index (χ3v) is 4.51. The molecule has 1 aromatic carbocycles. The number of sulfone groups is 1. The fraction of sp³-hybridized carbons (Fsp3) is 0.250. The van der Waals surface area contributed by atoms with Crippen LogP contribution in [0.5, 0.6) is 17.2 Å². The molecule has 6 nitrogen and oxygen atoms in total. The van der Waals surface area contributed by atoms with Crippen molar-refractivity contribution in [3.63, 3.8) is 0 Å². The number of ether oxygens (including phenoxy) is 2. The molecule has 1 aromatic heterocycles. The molecule has 1 heterocycles. The van der Waals surface area contributed by atoms with Crippen molar-refractivity contribution in [2.75, 3.05) is 6.26 Å². The van der Waals surface area contributed by atoms with E-state index in [0.717, 1.165) is 6.26 Å². The number of hydrogen-bond donors (Lipinski definition) is 0. The van der Waals surface area contributed by atoms with Crippen molar-refractivity contribution in [1.82, 2.24) is 4.98 Å². The lowest BCUT2D eigenvalue weighted by atomic mass is 10.3. The van der Waals surface area contributed by atoms with E-state index in [1.807, 2.05) is 0 Å². The van der Waals surface area contributed by atoms with E-state index in [-0.39, 0.29) is 10.8 Å². The number of Topliss-reactive ketones (excluding diaryl/α,β-unsaturated/α-hetero) is 1. The van der Waals surface area contributed by atoms with Gasteiger partial charge in [-0.15, -0.1) is 0 Å². The summed E-state index contributed by atoms with van der Waals surface area (Å²) in [4.78, 5) is 15.2. The molecule has 0 aliphatic carbocycles. The van der Waals surface area contributed by atoms with Crippen molar-refractivity contribution in [3.05, 3.63) is 41.0 Å². The van der Waals surface area contributed by atoms with Gasteiger partial charge in [-0.05, 0) is 38.1 Å². The summed E-state index contributed by atoms with van der Waals surface area (Å²) in [5.41, 5.74) is 0. The van der Waals surface area contributed by atoms with E-state index in [0.29, 0.717) is 21.7 Å². The molecule has 0 saturated carbocycles. The molecule has 0 spiro atoms. The first-order chi connectivity index (χ1) is 11.1. The number of hydrogen-bond acceptors (Lipinski definition) is 6. The number of halogens is 1. The standard InChI is InChI=1S/C16H16BrNO5S/c1-10(19)11(2)22-14-6-12(17)7-15(8-14)23-13-4-5-16(18-9-13)24(3,20)21/h4-9,11H,1-3H3. The second kappa shape index (κ2) is 7.31. The van der Waals surface area contributed by atoms with E-state index in [9.17, 15) is 13.2 Å². The minimum atomic E-state index is -3.35. The van der Waals surface area contributed by atoms with Gasteiger partial charge in [-0.25, -0.2) is 13.4 Å². The molecule has 0 saturated heterocycles. The summed E-state index contributed by atoms with van der Waals surface area (Å²) < 4.78 is 34.7. The average molecular weight is 414 g/mol. The van der Waals surface area contributed by atoms with Crippen molar-refractivity contribution in [3.8, 4) is 17.2 Å². The Kier molecular flexibility index (Phi) is 5.61. The molecule has 24 heavy (non-hydrogen) atoms. The van der Waals surface area contributed by atoms with Crippen molar-refractivity contribution in [2.45, 2.75) is 25.0 Å². The number of aromatic nitrogens is 1. The molecule has 1 atom stereocenters. The van der Waals surface area contributed by atoms with Crippen molar-refractivity contribution < 1.29 is 22.7 Å². The van der Waals surface area contributed by atoms with E-state index < -0.39 is 15.9 Å². The number of pyridine rings is 1. The first kappa shape index (κ1) is 18.4. The van der Waals surface area contributed by atoms with Crippen LogP contribution in [0.2, 0.25) is 0 Å². The normalized spacial score (nSPS) is 12.5. The van der Waals surface area contributed by atoms with E-state index in [2.05, 4.69) is 20.9 Å². The zero-order valence-electron chi connectivity index (χ0n) is 13.3. The Bertz CT molecular complexity index is 849. The minimum absolute atomic E-state index is 0.0246. The summed E-state index contributed by atoms with van der Waals surface area (Å²) in [5, 5.41) is -0.0246. The first-order valence-corrected chi connectivity index (χ1v) is 9.65. The molecule has 0 N–H and O–H groups in total. The van der Waals surface area contributed by atoms with Crippen LogP contribution in [0.3, 0.4) is 0 Å². The zero-order valence-corrected chi connectivity index (χ0v) is 15.7. The van der Waals surface area contributed by atoms with Crippen molar-refractivity contribution in [1.29, 1.82) is 0 Å². The smallest absolute Gasteiger partial charge is 0.192 e. The highest BCUT2D eigenvalue weighted by molar-refractivity contribution is 9.10. The lowest BCUT2D eigenvalue weighted by molar-refractivity contribution is -0.122. The average Bonchev–Trinajstić information content (AvgIpc) is 2.46. The van der Waals surface area contributed by atoms with Crippen molar-refractivity contribution >= 4 is 31.6 Å². The highest BCUT2D eigenvalue weighted by Crippen LogP contribution is 2.30. The first-order valence-electron chi connectivity index (χ1n) is 6.97. The van der Waals surface area contributed by atoms with Gasteiger partial charge in [-0.2, -0.15) is 0 Å². The third kappa shape index (κ3) is 5.04. The fourth-order valence-electron chi connectivity index (χ4n) is 1.73. The van der Waals surface area contributed by atoms with Crippen LogP contribution in [0, 0.1) is 0 Å². The van der Waals surface area contributed by atoms with Crippen LogP contribution in [-0.2, 0) is 14.6 Å². The van der Waals surface area contributed by atoms with Crippen LogP contribution in [0.25, 0.3) is 0 Å². The van der Waals surface area contributed by atoms with Gasteiger partial charge in [-0.1, -0.05) is 15.9 Å². The molecular formula is C16H16BrNO5S. The molecule has 128 valence electrons. The molecule has 0 bridgehead atoms. The largest absolute Gasteiger partial charge is 0.483 e. The van der Waals surface area contributed by atoms with E-state index in [4.69, 9.17) is 9.47 Å². The molecule has 0 radical (unpaired) electrons. The number of rotatable bonds is 6. The van der Waals surface area contributed by atoms with Gasteiger partial charge in [0.15, 0.2) is 26.8 Å². The summed E-state index contributed by atoms with van der Waals surface area (Å²) in [6, 6.07) is 7.96. The quantitative estimate of drug-likeness (QED) is 0.721. The zero-order chi connectivity index (χ0) is 17.9. The Morgan fingerprint density at radius 2 is 1.83 bits per heavy atom. The summed E-state index contributed by atoms with van der Waals surface area (Å²) in [7, 11) is -3.35. The Labute approximate surface area is 148 Å². The van der Waals surface area contributed by atoms with Crippen LogP contribution in [-0.4, -0.2) is 31.5 Å². The van der Waals surface area contributed by atoms with E-state index >= 15 is 0 Å². The van der Waals surface area contributed by atoms with Gasteiger partial charge >= 0.3 is 0 Å². The lowest BCUT2D eigenvalue weighted by Crippen LogP contribution is -2.20. The third-order valence-electron chi connectivity index (χ3n) is 3.05. The van der Waals surface area contributed by atoms with Crippen LogP contribution in [0.15, 0.2) is 46.0 Å². The van der Waals surface area contributed by atoms with Gasteiger partial charge in [0.25, 0.3) is 0 Å². The predicted molar refractivity (Wildman–Crippen MR) is 92.3 cm³/mol. The highest BCUT2D eigenvalue weighted by Gasteiger charge is 2.12. The Balaban J connectivity index is 2.20. The van der Waals surface area contributed by atoms with Crippen molar-refractivity contribution in [2.24, 2.45) is 0 Å². The van der Waals surface area contributed by atoms with Gasteiger partial charge < -0.3 is 9.47 Å². The number of nitrogens with zero attached hydrogens (tertiary/aromatic N) is 1. The maximum Gasteiger partial charge on any atom is 0.192 e. The fourth-order valence-corrected chi connectivity index (χ4v) is 2.74. The summed E-state index contributed by atoms with van der Waals surface area (Å²) in [6.07, 6.45) is 1.85. The molecule has 8 heteroatoms. The molecule has 0 fully saturated rings. The molecule has 0 amide bonds. The molecule has 0 aliphatic rings. The molecule has 2 aromatic rings. The van der Waals surface area contributed by atoms with Crippen LogP contribution in [0.1, 0.15) is 13.8 Å². The van der Waals surface area contributed by atoms with Gasteiger partial charge in [-0.3, -0.25) is 4.79 Å². The Morgan fingerprint density at radius 1 is 1.17 bits per heavy atom. The monoisotopic (exact) mass is 413 g/mol. The summed E-state index contributed by atoms with van der Waals surface area (Å²) in [6.45, 7) is 3.12. The maximum atomic E-state index is 11.4. The van der Waals surface area contributed by atoms with E-state index in [1.165, 1.54) is 25.3 Å². The number of ketones is 1.